The largest absolute Gasteiger partial charge is 0.496 e. The van der Waals surface area contributed by atoms with Gasteiger partial charge < -0.3 is 15.2 Å². The smallest absolute Gasteiger partial charge is 0.259 e. The van der Waals surface area contributed by atoms with E-state index in [1.165, 1.54) is 7.11 Å². The quantitative estimate of drug-likeness (QED) is 0.525. The van der Waals surface area contributed by atoms with Crippen LogP contribution in [0.2, 0.25) is 0 Å². The molecule has 0 unspecified atom stereocenters. The molecule has 9 heteroatoms. The molecule has 5 rings (SSSR count). The summed E-state index contributed by atoms with van der Waals surface area (Å²) >= 11 is 0. The first kappa shape index (κ1) is 19.5. The molecule has 0 radical (unpaired) electrons. The maximum Gasteiger partial charge on any atom is 0.259 e. The summed E-state index contributed by atoms with van der Waals surface area (Å²) in [6, 6.07) is 5.46. The van der Waals surface area contributed by atoms with Gasteiger partial charge in [-0.1, -0.05) is 0 Å². The van der Waals surface area contributed by atoms with Crippen molar-refractivity contribution in [2.75, 3.05) is 12.4 Å². The minimum Gasteiger partial charge on any atom is -0.496 e. The average Bonchev–Trinajstić information content (AvgIpc) is 3.36. The molecule has 1 aromatic carbocycles. The van der Waals surface area contributed by atoms with Crippen LogP contribution < -0.4 is 10.1 Å². The fraction of sp³-hybridized carbons (Fsp3) is 0.364. The monoisotopic (exact) mass is 420 g/mol. The number of benzene rings is 1. The van der Waals surface area contributed by atoms with Gasteiger partial charge in [-0.2, -0.15) is 10.2 Å². The van der Waals surface area contributed by atoms with Crippen molar-refractivity contribution in [3.05, 3.63) is 48.5 Å². The molecule has 1 aliphatic carbocycles. The zero-order valence-corrected chi connectivity index (χ0v) is 17.4. The molecule has 1 saturated carbocycles. The summed E-state index contributed by atoms with van der Waals surface area (Å²) in [7, 11) is 1.53. The highest BCUT2D eigenvalue weighted by Gasteiger charge is 2.31. The van der Waals surface area contributed by atoms with Gasteiger partial charge in [0.1, 0.15) is 11.4 Å². The number of hydrogen-bond donors (Lipinski definition) is 2. The lowest BCUT2D eigenvalue weighted by atomic mass is 9.83. The summed E-state index contributed by atoms with van der Waals surface area (Å²) in [4.78, 5) is 17.3. The van der Waals surface area contributed by atoms with E-state index in [1.54, 1.807) is 41.3 Å². The first-order valence-corrected chi connectivity index (χ1v) is 10.3. The number of amides is 1. The topological polar surface area (TPSA) is 107 Å². The molecule has 0 aliphatic heterocycles. The number of carbonyl (C=O) groups excluding carboxylic acids is 1. The molecular weight excluding hydrogens is 396 g/mol. The lowest BCUT2D eigenvalue weighted by Crippen LogP contribution is -2.33. The van der Waals surface area contributed by atoms with Gasteiger partial charge in [-0.15, -0.1) is 0 Å². The van der Waals surface area contributed by atoms with E-state index in [2.05, 4.69) is 15.4 Å². The zero-order valence-electron chi connectivity index (χ0n) is 17.4. The Morgan fingerprint density at radius 2 is 2.26 bits per heavy atom. The van der Waals surface area contributed by atoms with Gasteiger partial charge >= 0.3 is 0 Å². The molecule has 4 aromatic rings. The van der Waals surface area contributed by atoms with Crippen molar-refractivity contribution in [1.82, 2.24) is 24.4 Å². The normalized spacial score (nSPS) is 21.5. The van der Waals surface area contributed by atoms with Crippen LogP contribution in [-0.4, -0.2) is 48.1 Å². The number of nitrogens with one attached hydrogen (secondary N) is 1. The summed E-state index contributed by atoms with van der Waals surface area (Å²) in [6.45, 7) is 1.88. The molecule has 3 aromatic heterocycles. The summed E-state index contributed by atoms with van der Waals surface area (Å²) < 4.78 is 8.99. The second-order valence-corrected chi connectivity index (χ2v) is 8.37. The molecule has 160 valence electrons. The third-order valence-electron chi connectivity index (χ3n) is 5.92. The van der Waals surface area contributed by atoms with Crippen LogP contribution >= 0.6 is 0 Å². The van der Waals surface area contributed by atoms with Crippen molar-refractivity contribution in [2.45, 2.75) is 44.2 Å². The second-order valence-electron chi connectivity index (χ2n) is 8.37. The van der Waals surface area contributed by atoms with Gasteiger partial charge in [0.15, 0.2) is 5.65 Å². The molecule has 31 heavy (non-hydrogen) atoms. The van der Waals surface area contributed by atoms with Crippen molar-refractivity contribution in [3.63, 3.8) is 0 Å². The number of aromatic nitrogens is 5. The second kappa shape index (κ2) is 7.35. The number of fused-ring (bicyclic) bond motifs is 2. The van der Waals surface area contributed by atoms with E-state index in [0.29, 0.717) is 29.1 Å². The Kier molecular flexibility index (Phi) is 4.62. The molecule has 2 N–H and O–H groups in total. The number of aliphatic hydroxyl groups is 1. The Labute approximate surface area is 178 Å². The predicted octanol–water partition coefficient (Wildman–Crippen LogP) is 3.21. The molecule has 1 amide bonds. The molecule has 1 fully saturated rings. The maximum absolute atomic E-state index is 13.1. The third-order valence-corrected chi connectivity index (χ3v) is 5.92. The van der Waals surface area contributed by atoms with Gasteiger partial charge in [-0.3, -0.25) is 9.48 Å². The van der Waals surface area contributed by atoms with Crippen molar-refractivity contribution < 1.29 is 14.6 Å². The number of anilines is 1. The van der Waals surface area contributed by atoms with Crippen LogP contribution in [0.4, 0.5) is 5.69 Å². The fourth-order valence-electron chi connectivity index (χ4n) is 4.37. The first-order chi connectivity index (χ1) is 14.9. The van der Waals surface area contributed by atoms with Crippen LogP contribution in [-0.2, 0) is 0 Å². The summed E-state index contributed by atoms with van der Waals surface area (Å²) in [5.41, 5.74) is 1.56. The number of rotatable bonds is 4. The first-order valence-electron chi connectivity index (χ1n) is 10.3. The van der Waals surface area contributed by atoms with E-state index in [-0.39, 0.29) is 11.9 Å². The van der Waals surface area contributed by atoms with E-state index in [4.69, 9.17) is 9.84 Å². The van der Waals surface area contributed by atoms with E-state index in [0.717, 1.165) is 30.2 Å². The van der Waals surface area contributed by atoms with Crippen LogP contribution in [0.15, 0.2) is 43.0 Å². The van der Waals surface area contributed by atoms with Crippen molar-refractivity contribution in [3.8, 4) is 5.75 Å². The number of ether oxygens (including phenoxy) is 1. The van der Waals surface area contributed by atoms with Gasteiger partial charge in [-0.25, -0.2) is 9.50 Å². The molecule has 3 heterocycles. The highest BCUT2D eigenvalue weighted by atomic mass is 16.5. The minimum absolute atomic E-state index is 0.129. The zero-order chi connectivity index (χ0) is 21.6. The summed E-state index contributed by atoms with van der Waals surface area (Å²) in [5.74, 6) is 0.128. The molecule has 9 nitrogen and oxygen atoms in total. The van der Waals surface area contributed by atoms with E-state index < -0.39 is 5.60 Å². The molecule has 0 spiro atoms. The standard InChI is InChI=1S/C22H24N6O3/c1-22(30)6-3-5-15(11-22)28-13-14-9-16(19(31-2)10-17(14)26-28)21(29)25-18-12-24-27-8-4-7-23-20(18)27/h4,7-10,12-13,15,30H,3,5-6,11H2,1-2H3,(H,25,29)/t15-,22-/m0/s1. The fourth-order valence-corrected chi connectivity index (χ4v) is 4.37. The number of hydrogen-bond acceptors (Lipinski definition) is 6. The maximum atomic E-state index is 13.1. The average molecular weight is 420 g/mol. The van der Waals surface area contributed by atoms with Crippen LogP contribution in [0.5, 0.6) is 5.75 Å². The van der Waals surface area contributed by atoms with Crippen LogP contribution in [0, 0.1) is 0 Å². The molecule has 0 bridgehead atoms. The van der Waals surface area contributed by atoms with Crippen LogP contribution in [0.3, 0.4) is 0 Å². The Morgan fingerprint density at radius 1 is 1.39 bits per heavy atom. The van der Waals surface area contributed by atoms with Gasteiger partial charge in [-0.05, 0) is 44.7 Å². The number of nitrogens with zero attached hydrogens (tertiary/aromatic N) is 5. The van der Waals surface area contributed by atoms with E-state index in [1.807, 2.05) is 17.8 Å². The SMILES string of the molecule is COc1cc2nn([C@H]3CCC[C@](C)(O)C3)cc2cc1C(=O)Nc1cnn2cccnc12. The van der Waals surface area contributed by atoms with E-state index in [9.17, 15) is 9.90 Å². The lowest BCUT2D eigenvalue weighted by Gasteiger charge is -2.33. The third kappa shape index (κ3) is 3.61. The Morgan fingerprint density at radius 3 is 3.06 bits per heavy atom. The molecular formula is C22H24N6O3. The van der Waals surface area contributed by atoms with Crippen molar-refractivity contribution >= 4 is 28.1 Å². The lowest BCUT2D eigenvalue weighted by molar-refractivity contribution is 0.00191. The Hall–Kier alpha value is -3.46. The number of methoxy groups -OCH3 is 1. The van der Waals surface area contributed by atoms with Gasteiger partial charge in [0.2, 0.25) is 0 Å². The predicted molar refractivity (Wildman–Crippen MR) is 115 cm³/mol. The Bertz CT molecular complexity index is 1270. The Balaban J connectivity index is 1.47. The molecule has 2 atom stereocenters. The highest BCUT2D eigenvalue weighted by molar-refractivity contribution is 6.09. The summed E-state index contributed by atoms with van der Waals surface area (Å²) in [6.07, 6.45) is 10.3. The molecule has 0 saturated heterocycles. The van der Waals surface area contributed by atoms with Gasteiger partial charge in [0, 0.05) is 30.0 Å². The molecule has 1 aliphatic rings. The van der Waals surface area contributed by atoms with E-state index >= 15 is 0 Å². The number of carbonyl (C=O) groups is 1. The summed E-state index contributed by atoms with van der Waals surface area (Å²) in [5, 5.41) is 23.1. The van der Waals surface area contributed by atoms with Gasteiger partial charge in [0.25, 0.3) is 5.91 Å². The van der Waals surface area contributed by atoms with Crippen LogP contribution in [0.1, 0.15) is 49.0 Å². The van der Waals surface area contributed by atoms with Crippen molar-refractivity contribution in [2.24, 2.45) is 0 Å². The minimum atomic E-state index is -0.674. The van der Waals surface area contributed by atoms with Gasteiger partial charge in [0.05, 0.1) is 36.0 Å². The van der Waals surface area contributed by atoms with Crippen molar-refractivity contribution in [1.29, 1.82) is 0 Å². The van der Waals surface area contributed by atoms with Crippen LogP contribution in [0.25, 0.3) is 16.6 Å². The highest BCUT2D eigenvalue weighted by Crippen LogP contribution is 2.36.